The molecule has 1 aromatic heterocycles. The minimum Gasteiger partial charge on any atom is -0.496 e. The first kappa shape index (κ1) is 20.0. The number of sulfonamides is 1. The molecule has 0 saturated heterocycles. The highest BCUT2D eigenvalue weighted by Crippen LogP contribution is 2.27. The third-order valence-electron chi connectivity index (χ3n) is 4.08. The summed E-state index contributed by atoms with van der Waals surface area (Å²) in [5.74, 6) is 0.193. The molecule has 28 heavy (non-hydrogen) atoms. The zero-order chi connectivity index (χ0) is 20.3. The number of rotatable bonds is 6. The van der Waals surface area contributed by atoms with Crippen LogP contribution >= 0.6 is 11.3 Å². The molecule has 146 valence electrons. The van der Waals surface area contributed by atoms with Gasteiger partial charge in [0.1, 0.15) is 5.75 Å². The average molecular weight is 418 g/mol. The number of thiazole rings is 1. The van der Waals surface area contributed by atoms with Crippen LogP contribution < -0.4 is 15.2 Å². The van der Waals surface area contributed by atoms with E-state index in [4.69, 9.17) is 9.88 Å². The number of nitrogens with zero attached hydrogens (tertiary/aromatic N) is 1. The summed E-state index contributed by atoms with van der Waals surface area (Å²) in [6, 6.07) is 13.3. The second kappa shape index (κ2) is 8.09. The Hall–Kier alpha value is -2.75. The van der Waals surface area contributed by atoms with E-state index in [2.05, 4.69) is 10.3 Å². The summed E-state index contributed by atoms with van der Waals surface area (Å²) >= 11 is 1.37. The van der Waals surface area contributed by atoms with Crippen molar-refractivity contribution in [2.24, 2.45) is 5.14 Å². The quantitative estimate of drug-likeness (QED) is 0.640. The predicted molar refractivity (Wildman–Crippen MR) is 108 cm³/mol. The van der Waals surface area contributed by atoms with Crippen LogP contribution in [0.5, 0.6) is 5.75 Å². The Bertz CT molecular complexity index is 1110. The maximum Gasteiger partial charge on any atom is 0.261 e. The molecule has 9 heteroatoms. The van der Waals surface area contributed by atoms with Crippen molar-refractivity contribution in [1.82, 2.24) is 4.98 Å². The fourth-order valence-corrected chi connectivity index (χ4v) is 4.13. The summed E-state index contributed by atoms with van der Waals surface area (Å²) in [5, 5.41) is 8.41. The second-order valence-corrected chi connectivity index (χ2v) is 8.69. The first-order valence-electron chi connectivity index (χ1n) is 8.30. The number of benzene rings is 2. The fraction of sp³-hybridized carbons (Fsp3) is 0.158. The molecular weight excluding hydrogens is 398 g/mol. The van der Waals surface area contributed by atoms with Crippen molar-refractivity contribution in [3.05, 3.63) is 70.2 Å². The number of hydrogen-bond acceptors (Lipinski definition) is 6. The van der Waals surface area contributed by atoms with E-state index in [0.717, 1.165) is 16.1 Å². The highest BCUT2D eigenvalue weighted by molar-refractivity contribution is 7.89. The molecule has 7 nitrogen and oxygen atoms in total. The van der Waals surface area contributed by atoms with Crippen molar-refractivity contribution in [2.75, 3.05) is 12.4 Å². The van der Waals surface area contributed by atoms with Gasteiger partial charge in [0, 0.05) is 11.3 Å². The monoisotopic (exact) mass is 417 g/mol. The lowest BCUT2D eigenvalue weighted by Gasteiger charge is -2.07. The molecule has 3 rings (SSSR count). The average Bonchev–Trinajstić information content (AvgIpc) is 3.00. The predicted octanol–water partition coefficient (Wildman–Crippen LogP) is 2.95. The maximum absolute atomic E-state index is 12.5. The number of hydrogen-bond donors (Lipinski definition) is 2. The Morgan fingerprint density at radius 1 is 1.18 bits per heavy atom. The number of ether oxygens (including phenoxy) is 1. The zero-order valence-electron chi connectivity index (χ0n) is 15.3. The number of para-hydroxylation sites is 1. The molecule has 0 saturated carbocycles. The Labute approximate surface area is 167 Å². The molecule has 3 aromatic rings. The molecular formula is C19H19N3O4S2. The summed E-state index contributed by atoms with van der Waals surface area (Å²) in [7, 11) is -2.20. The second-order valence-electron chi connectivity index (χ2n) is 6.05. The molecule has 0 fully saturated rings. The molecule has 0 aliphatic carbocycles. The largest absolute Gasteiger partial charge is 0.496 e. The van der Waals surface area contributed by atoms with Gasteiger partial charge < -0.3 is 4.74 Å². The molecule has 0 aliphatic heterocycles. The molecule has 0 unspecified atom stereocenters. The van der Waals surface area contributed by atoms with Crippen molar-refractivity contribution in [1.29, 1.82) is 0 Å². The summed E-state index contributed by atoms with van der Waals surface area (Å²) in [6.45, 7) is 1.86. The van der Waals surface area contributed by atoms with Gasteiger partial charge in [-0.1, -0.05) is 24.3 Å². The van der Waals surface area contributed by atoms with Crippen molar-refractivity contribution >= 4 is 32.4 Å². The molecule has 2 aromatic carbocycles. The Kier molecular flexibility index (Phi) is 5.78. The number of primary sulfonamides is 1. The molecule has 1 heterocycles. The molecule has 0 bridgehead atoms. The SMILES string of the molecule is COc1ccccc1C(=O)Nc1nc(C)c(Cc2ccc(S(N)(=O)=O)cc2)s1. The van der Waals surface area contributed by atoms with Gasteiger partial charge in [-0.25, -0.2) is 18.5 Å². The Morgan fingerprint density at radius 3 is 2.50 bits per heavy atom. The Balaban J connectivity index is 1.75. The number of amides is 1. The van der Waals surface area contributed by atoms with Crippen LogP contribution in [-0.4, -0.2) is 26.4 Å². The standard InChI is InChI=1S/C19H19N3O4S2/c1-12-17(11-13-7-9-14(10-8-13)28(20,24)25)27-19(21-12)22-18(23)15-5-3-4-6-16(15)26-2/h3-10H,11H2,1-2H3,(H2,20,24,25)(H,21,22,23). The molecule has 1 amide bonds. The van der Waals surface area contributed by atoms with Crippen LogP contribution in [0.4, 0.5) is 5.13 Å². The van der Waals surface area contributed by atoms with E-state index in [1.54, 1.807) is 36.4 Å². The topological polar surface area (TPSA) is 111 Å². The van der Waals surface area contributed by atoms with E-state index in [0.29, 0.717) is 22.9 Å². The molecule has 0 atom stereocenters. The van der Waals surface area contributed by atoms with Crippen LogP contribution in [0.2, 0.25) is 0 Å². The summed E-state index contributed by atoms with van der Waals surface area (Å²) in [4.78, 5) is 18.0. The minimum atomic E-state index is -3.71. The number of aryl methyl sites for hydroxylation is 1. The van der Waals surface area contributed by atoms with Crippen LogP contribution in [-0.2, 0) is 16.4 Å². The van der Waals surface area contributed by atoms with E-state index < -0.39 is 10.0 Å². The number of carbonyl (C=O) groups excluding carboxylic acids is 1. The third-order valence-corrected chi connectivity index (χ3v) is 6.08. The normalized spacial score (nSPS) is 11.2. The van der Waals surface area contributed by atoms with Crippen LogP contribution in [0.25, 0.3) is 0 Å². The van der Waals surface area contributed by atoms with Gasteiger partial charge in [0.15, 0.2) is 5.13 Å². The number of methoxy groups -OCH3 is 1. The lowest BCUT2D eigenvalue weighted by molar-refractivity contribution is 0.102. The van der Waals surface area contributed by atoms with Gasteiger partial charge in [-0.15, -0.1) is 11.3 Å². The van der Waals surface area contributed by atoms with E-state index in [1.165, 1.54) is 30.6 Å². The fourth-order valence-electron chi connectivity index (χ4n) is 2.62. The van der Waals surface area contributed by atoms with Crippen molar-refractivity contribution < 1.29 is 17.9 Å². The van der Waals surface area contributed by atoms with Crippen molar-refractivity contribution in [2.45, 2.75) is 18.2 Å². The molecule has 0 radical (unpaired) electrons. The van der Waals surface area contributed by atoms with Crippen LogP contribution in [0, 0.1) is 6.92 Å². The number of nitrogens with two attached hydrogens (primary N) is 1. The van der Waals surface area contributed by atoms with Crippen LogP contribution in [0.1, 0.15) is 26.5 Å². The van der Waals surface area contributed by atoms with E-state index in [9.17, 15) is 13.2 Å². The number of carbonyl (C=O) groups is 1. The molecule has 3 N–H and O–H groups in total. The first-order chi connectivity index (χ1) is 13.3. The highest BCUT2D eigenvalue weighted by atomic mass is 32.2. The molecule has 0 spiro atoms. The number of aromatic nitrogens is 1. The van der Waals surface area contributed by atoms with Gasteiger partial charge in [0.25, 0.3) is 5.91 Å². The Morgan fingerprint density at radius 2 is 1.86 bits per heavy atom. The molecule has 0 aliphatic rings. The first-order valence-corrected chi connectivity index (χ1v) is 10.7. The highest BCUT2D eigenvalue weighted by Gasteiger charge is 2.15. The lowest BCUT2D eigenvalue weighted by Crippen LogP contribution is -2.12. The van der Waals surface area contributed by atoms with Crippen molar-refractivity contribution in [3.63, 3.8) is 0 Å². The van der Waals surface area contributed by atoms with Gasteiger partial charge in [-0.3, -0.25) is 10.1 Å². The minimum absolute atomic E-state index is 0.0713. The smallest absolute Gasteiger partial charge is 0.261 e. The van der Waals surface area contributed by atoms with Gasteiger partial charge in [0.05, 0.1) is 23.3 Å². The zero-order valence-corrected chi connectivity index (χ0v) is 16.9. The van der Waals surface area contributed by atoms with Crippen LogP contribution in [0.3, 0.4) is 0 Å². The summed E-state index contributed by atoms with van der Waals surface area (Å²) in [6.07, 6.45) is 0.568. The van der Waals surface area contributed by atoms with E-state index in [1.807, 2.05) is 6.92 Å². The summed E-state index contributed by atoms with van der Waals surface area (Å²) < 4.78 is 27.9. The van der Waals surface area contributed by atoms with Crippen molar-refractivity contribution in [3.8, 4) is 5.75 Å². The van der Waals surface area contributed by atoms with Crippen LogP contribution in [0.15, 0.2) is 53.4 Å². The number of nitrogens with one attached hydrogen (secondary N) is 1. The summed E-state index contributed by atoms with van der Waals surface area (Å²) in [5.41, 5.74) is 2.15. The number of anilines is 1. The van der Waals surface area contributed by atoms with Gasteiger partial charge >= 0.3 is 0 Å². The van der Waals surface area contributed by atoms with Gasteiger partial charge in [-0.2, -0.15) is 0 Å². The van der Waals surface area contributed by atoms with E-state index in [-0.39, 0.29) is 10.8 Å². The van der Waals surface area contributed by atoms with Gasteiger partial charge in [0.2, 0.25) is 10.0 Å². The van der Waals surface area contributed by atoms with E-state index >= 15 is 0 Å². The third kappa shape index (κ3) is 4.56. The lowest BCUT2D eigenvalue weighted by atomic mass is 10.1. The maximum atomic E-state index is 12.5. The van der Waals surface area contributed by atoms with Gasteiger partial charge in [-0.05, 0) is 36.8 Å².